The van der Waals surface area contributed by atoms with Crippen molar-refractivity contribution in [2.45, 2.75) is 46.3 Å². The number of carbonyl (C=O) groups is 1. The summed E-state index contributed by atoms with van der Waals surface area (Å²) in [6.45, 7) is 10.5. The van der Waals surface area contributed by atoms with Gasteiger partial charge in [-0.3, -0.25) is 9.36 Å². The Morgan fingerprint density at radius 1 is 1.24 bits per heavy atom. The van der Waals surface area contributed by atoms with Gasteiger partial charge in [-0.25, -0.2) is 4.98 Å². The lowest BCUT2D eigenvalue weighted by molar-refractivity contribution is -0.149. The molecule has 0 saturated carbocycles. The second kappa shape index (κ2) is 5.72. The molecule has 0 saturated heterocycles. The molecule has 1 aromatic heterocycles. The molecule has 21 heavy (non-hydrogen) atoms. The predicted octanol–water partition coefficient (Wildman–Crippen LogP) is 3.52. The topological polar surface area (TPSA) is 44.1 Å². The minimum absolute atomic E-state index is 0.119. The number of nitrogens with zero attached hydrogens (tertiary/aromatic N) is 2. The summed E-state index contributed by atoms with van der Waals surface area (Å²) in [6, 6.07) is 6.50. The molecule has 1 aromatic carbocycles. The van der Waals surface area contributed by atoms with Crippen molar-refractivity contribution < 1.29 is 9.53 Å². The summed E-state index contributed by atoms with van der Waals surface area (Å²) in [5, 5.41) is 0. The Hall–Kier alpha value is -2.10. The van der Waals surface area contributed by atoms with E-state index in [1.807, 2.05) is 24.6 Å². The molecule has 0 aliphatic rings. The van der Waals surface area contributed by atoms with Gasteiger partial charge >= 0.3 is 0 Å². The lowest BCUT2D eigenvalue weighted by Gasteiger charge is -2.28. The number of rotatable bonds is 5. The van der Waals surface area contributed by atoms with E-state index in [1.54, 1.807) is 6.20 Å². The van der Waals surface area contributed by atoms with Crippen LogP contribution in [0.3, 0.4) is 0 Å². The summed E-state index contributed by atoms with van der Waals surface area (Å²) in [4.78, 5) is 15.2. The normalized spacial score (nSPS) is 13.0. The average Bonchev–Trinajstić information content (AvgIpc) is 2.86. The van der Waals surface area contributed by atoms with Gasteiger partial charge in [0.25, 0.3) is 6.47 Å². The molecule has 2 rings (SSSR count). The summed E-state index contributed by atoms with van der Waals surface area (Å²) in [6.07, 6.45) is 3.59. The van der Waals surface area contributed by atoms with Crippen LogP contribution < -0.4 is 0 Å². The highest BCUT2D eigenvalue weighted by Gasteiger charge is 2.26. The summed E-state index contributed by atoms with van der Waals surface area (Å²) >= 11 is 0. The predicted molar refractivity (Wildman–Crippen MR) is 82.1 cm³/mol. The van der Waals surface area contributed by atoms with Crippen molar-refractivity contribution in [3.8, 4) is 0 Å². The number of aryl methyl sites for hydroxylation is 2. The number of aromatic nitrogens is 2. The number of benzene rings is 1. The molecule has 1 unspecified atom stereocenters. The first-order valence-electron chi connectivity index (χ1n) is 7.08. The Bertz CT molecular complexity index is 624. The molecule has 1 atom stereocenters. The standard InChI is InChI=1S/C17H22N2O2/c1-12-8-13(2)10-15(9-12)14(3)16-18-6-7-19(16)17(4,5)21-11-20/h6-11,14H,1-5H3. The third-order valence-electron chi connectivity index (χ3n) is 3.72. The Morgan fingerprint density at radius 3 is 2.43 bits per heavy atom. The molecule has 0 amide bonds. The molecule has 2 aromatic rings. The number of hydrogen-bond acceptors (Lipinski definition) is 3. The minimum Gasteiger partial charge on any atom is -0.441 e. The summed E-state index contributed by atoms with van der Waals surface area (Å²) in [5.74, 6) is 1.000. The maximum Gasteiger partial charge on any atom is 0.295 e. The Morgan fingerprint density at radius 2 is 1.86 bits per heavy atom. The quantitative estimate of drug-likeness (QED) is 0.790. The SMILES string of the molecule is Cc1cc(C)cc(C(C)c2nccn2C(C)(C)OC=O)c1. The van der Waals surface area contributed by atoms with Crippen LogP contribution in [0.5, 0.6) is 0 Å². The van der Waals surface area contributed by atoms with Crippen molar-refractivity contribution in [2.24, 2.45) is 0 Å². The van der Waals surface area contributed by atoms with Gasteiger partial charge in [-0.2, -0.15) is 0 Å². The van der Waals surface area contributed by atoms with Crippen LogP contribution in [-0.2, 0) is 15.3 Å². The molecule has 112 valence electrons. The molecular weight excluding hydrogens is 264 g/mol. The molecule has 4 nitrogen and oxygen atoms in total. The molecule has 1 heterocycles. The summed E-state index contributed by atoms with van der Waals surface area (Å²) < 4.78 is 7.10. The molecular formula is C17H22N2O2. The fourth-order valence-corrected chi connectivity index (χ4v) is 2.67. The van der Waals surface area contributed by atoms with Crippen LogP contribution in [0, 0.1) is 13.8 Å². The van der Waals surface area contributed by atoms with Crippen molar-refractivity contribution in [3.63, 3.8) is 0 Å². The van der Waals surface area contributed by atoms with Crippen molar-refractivity contribution in [3.05, 3.63) is 53.1 Å². The van der Waals surface area contributed by atoms with Crippen LogP contribution in [0.4, 0.5) is 0 Å². The fraction of sp³-hybridized carbons (Fsp3) is 0.412. The lowest BCUT2D eigenvalue weighted by atomic mass is 9.96. The smallest absolute Gasteiger partial charge is 0.295 e. The number of carbonyl (C=O) groups excluding carboxylic acids is 1. The van der Waals surface area contributed by atoms with Crippen LogP contribution >= 0.6 is 0 Å². The van der Waals surface area contributed by atoms with Crippen LogP contribution in [0.25, 0.3) is 0 Å². The van der Waals surface area contributed by atoms with Crippen molar-refractivity contribution in [1.82, 2.24) is 9.55 Å². The van der Waals surface area contributed by atoms with Crippen molar-refractivity contribution in [1.29, 1.82) is 0 Å². The number of ether oxygens (including phenoxy) is 1. The van der Waals surface area contributed by atoms with E-state index >= 15 is 0 Å². The van der Waals surface area contributed by atoms with Crippen molar-refractivity contribution >= 4 is 6.47 Å². The van der Waals surface area contributed by atoms with Gasteiger partial charge in [0.2, 0.25) is 0 Å². The molecule has 0 radical (unpaired) electrons. The third-order valence-corrected chi connectivity index (χ3v) is 3.72. The van der Waals surface area contributed by atoms with Gasteiger partial charge in [0.05, 0.1) is 0 Å². The van der Waals surface area contributed by atoms with Gasteiger partial charge in [-0.05, 0) is 33.3 Å². The second-order valence-corrected chi connectivity index (χ2v) is 5.96. The third kappa shape index (κ3) is 3.15. The zero-order chi connectivity index (χ0) is 15.6. The van der Waals surface area contributed by atoms with E-state index in [9.17, 15) is 4.79 Å². The molecule has 0 aliphatic carbocycles. The summed E-state index contributed by atoms with van der Waals surface area (Å²) in [7, 11) is 0. The molecule has 0 bridgehead atoms. The second-order valence-electron chi connectivity index (χ2n) is 5.96. The van der Waals surface area contributed by atoms with Gasteiger partial charge in [-0.15, -0.1) is 0 Å². The zero-order valence-electron chi connectivity index (χ0n) is 13.3. The van der Waals surface area contributed by atoms with Gasteiger partial charge in [0, 0.05) is 18.3 Å². The van der Waals surface area contributed by atoms with Crippen LogP contribution in [0.1, 0.15) is 49.2 Å². The molecule has 0 fully saturated rings. The van der Waals surface area contributed by atoms with Crippen LogP contribution in [0.15, 0.2) is 30.6 Å². The molecule has 4 heteroatoms. The van der Waals surface area contributed by atoms with E-state index in [0.29, 0.717) is 6.47 Å². The van der Waals surface area contributed by atoms with E-state index in [2.05, 4.69) is 44.0 Å². The van der Waals surface area contributed by atoms with E-state index in [1.165, 1.54) is 16.7 Å². The van der Waals surface area contributed by atoms with E-state index < -0.39 is 5.72 Å². The van der Waals surface area contributed by atoms with Crippen molar-refractivity contribution in [2.75, 3.05) is 0 Å². The first-order chi connectivity index (χ1) is 9.85. The zero-order valence-corrected chi connectivity index (χ0v) is 13.3. The Labute approximate surface area is 125 Å². The molecule has 0 aliphatic heterocycles. The van der Waals surface area contributed by atoms with E-state index in [-0.39, 0.29) is 5.92 Å². The molecule has 0 N–H and O–H groups in total. The number of hydrogen-bond donors (Lipinski definition) is 0. The largest absolute Gasteiger partial charge is 0.441 e. The van der Waals surface area contributed by atoms with Gasteiger partial charge in [0.15, 0.2) is 5.72 Å². The number of imidazole rings is 1. The maximum atomic E-state index is 10.7. The Balaban J connectivity index is 2.43. The maximum absolute atomic E-state index is 10.7. The first kappa shape index (κ1) is 15.3. The Kier molecular flexibility index (Phi) is 4.16. The van der Waals surface area contributed by atoms with Crippen LogP contribution in [0.2, 0.25) is 0 Å². The van der Waals surface area contributed by atoms with Crippen LogP contribution in [-0.4, -0.2) is 16.0 Å². The van der Waals surface area contributed by atoms with Gasteiger partial charge in [-0.1, -0.05) is 36.2 Å². The average molecular weight is 286 g/mol. The fourth-order valence-electron chi connectivity index (χ4n) is 2.67. The highest BCUT2D eigenvalue weighted by molar-refractivity contribution is 5.38. The lowest BCUT2D eigenvalue weighted by Crippen LogP contribution is -2.31. The van der Waals surface area contributed by atoms with Gasteiger partial charge < -0.3 is 4.74 Å². The monoisotopic (exact) mass is 286 g/mol. The van der Waals surface area contributed by atoms with E-state index in [4.69, 9.17) is 4.74 Å². The molecule has 0 spiro atoms. The highest BCUT2D eigenvalue weighted by Crippen LogP contribution is 2.28. The van der Waals surface area contributed by atoms with E-state index in [0.717, 1.165) is 5.82 Å². The van der Waals surface area contributed by atoms with Gasteiger partial charge in [0.1, 0.15) is 5.82 Å². The first-order valence-corrected chi connectivity index (χ1v) is 7.08. The highest BCUT2D eigenvalue weighted by atomic mass is 16.6. The minimum atomic E-state index is -0.749. The summed E-state index contributed by atoms with van der Waals surface area (Å²) in [5.41, 5.74) is 2.93.